The zero-order valence-electron chi connectivity index (χ0n) is 15.8. The second-order valence-electron chi connectivity index (χ2n) is 7.13. The van der Waals surface area contributed by atoms with Crippen molar-refractivity contribution in [3.63, 3.8) is 0 Å². The maximum absolute atomic E-state index is 12.7. The minimum absolute atomic E-state index is 0.0757. The molecule has 0 spiro atoms. The van der Waals surface area contributed by atoms with Gasteiger partial charge in [-0.25, -0.2) is 12.7 Å². The summed E-state index contributed by atoms with van der Waals surface area (Å²) in [5, 5.41) is 3.65. The van der Waals surface area contributed by atoms with Gasteiger partial charge in [-0.05, 0) is 61.2 Å². The maximum atomic E-state index is 12.7. The molecule has 1 aliphatic heterocycles. The second kappa shape index (κ2) is 9.35. The monoisotopic (exact) mass is 518 g/mol. The Balaban J connectivity index is 1.57. The highest BCUT2D eigenvalue weighted by Crippen LogP contribution is 2.27. The van der Waals surface area contributed by atoms with E-state index in [2.05, 4.69) is 21.2 Å². The van der Waals surface area contributed by atoms with Crippen molar-refractivity contribution in [3.05, 3.63) is 62.0 Å². The van der Waals surface area contributed by atoms with Gasteiger partial charge in [0.15, 0.2) is 0 Å². The number of anilines is 1. The third-order valence-corrected chi connectivity index (χ3v) is 8.46. The van der Waals surface area contributed by atoms with E-state index in [0.29, 0.717) is 41.5 Å². The summed E-state index contributed by atoms with van der Waals surface area (Å²) in [6.45, 7) is 2.60. The van der Waals surface area contributed by atoms with Crippen molar-refractivity contribution >= 4 is 60.7 Å². The van der Waals surface area contributed by atoms with Crippen LogP contribution in [-0.2, 0) is 20.6 Å². The molecular weight excluding hydrogens is 499 g/mol. The van der Waals surface area contributed by atoms with Gasteiger partial charge in [-0.3, -0.25) is 4.79 Å². The number of sulfonamides is 1. The van der Waals surface area contributed by atoms with Gasteiger partial charge in [-0.2, -0.15) is 0 Å². The number of amides is 1. The lowest BCUT2D eigenvalue weighted by atomic mass is 9.97. The molecule has 0 saturated carbocycles. The van der Waals surface area contributed by atoms with Crippen LogP contribution in [0.15, 0.2) is 40.9 Å². The average Bonchev–Trinajstić information content (AvgIpc) is 2.67. The number of carbonyl (C=O) groups is 1. The summed E-state index contributed by atoms with van der Waals surface area (Å²) in [6.07, 6.45) is 0.976. The number of benzene rings is 2. The van der Waals surface area contributed by atoms with Crippen LogP contribution in [-0.4, -0.2) is 31.7 Å². The average molecular weight is 520 g/mol. The molecule has 0 radical (unpaired) electrons. The van der Waals surface area contributed by atoms with Gasteiger partial charge >= 0.3 is 0 Å². The molecule has 1 amide bonds. The van der Waals surface area contributed by atoms with Crippen LogP contribution in [0.3, 0.4) is 0 Å². The van der Waals surface area contributed by atoms with Crippen LogP contribution in [0.2, 0.25) is 10.0 Å². The van der Waals surface area contributed by atoms with E-state index in [1.807, 2.05) is 25.1 Å². The lowest BCUT2D eigenvalue weighted by Crippen LogP contribution is -2.41. The van der Waals surface area contributed by atoms with E-state index >= 15 is 0 Å². The standard InChI is InChI=1S/C20H21BrCl2N2O3S/c1-13-10-16(3-4-17(13)21)24-20(26)15-6-8-25(9-7-15)29(27,28)12-14-2-5-18(22)19(23)11-14/h2-5,10-11,15H,6-9,12H2,1H3,(H,24,26). The number of hydrogen-bond donors (Lipinski definition) is 1. The predicted octanol–water partition coefficient (Wildman–Crippen LogP) is 5.24. The van der Waals surface area contributed by atoms with Crippen molar-refractivity contribution < 1.29 is 13.2 Å². The molecule has 156 valence electrons. The SMILES string of the molecule is Cc1cc(NC(=O)C2CCN(S(=O)(=O)Cc3ccc(Cl)c(Cl)c3)CC2)ccc1Br. The molecule has 2 aromatic rings. The first-order valence-corrected chi connectivity index (χ1v) is 12.3. The van der Waals surface area contributed by atoms with E-state index in [-0.39, 0.29) is 17.6 Å². The van der Waals surface area contributed by atoms with E-state index in [4.69, 9.17) is 23.2 Å². The largest absolute Gasteiger partial charge is 0.326 e. The van der Waals surface area contributed by atoms with E-state index in [0.717, 1.165) is 15.7 Å². The second-order valence-corrected chi connectivity index (χ2v) is 10.8. The van der Waals surface area contributed by atoms with Crippen molar-refractivity contribution in [2.45, 2.75) is 25.5 Å². The van der Waals surface area contributed by atoms with Crippen LogP contribution in [0.25, 0.3) is 0 Å². The van der Waals surface area contributed by atoms with E-state index in [1.165, 1.54) is 4.31 Å². The molecule has 0 atom stereocenters. The maximum Gasteiger partial charge on any atom is 0.227 e. The first kappa shape index (κ1) is 22.6. The molecule has 0 unspecified atom stereocenters. The molecule has 1 saturated heterocycles. The molecule has 5 nitrogen and oxygen atoms in total. The molecule has 1 aliphatic rings. The van der Waals surface area contributed by atoms with E-state index < -0.39 is 10.0 Å². The van der Waals surface area contributed by atoms with Crippen molar-refractivity contribution in [3.8, 4) is 0 Å². The summed E-state index contributed by atoms with van der Waals surface area (Å²) in [4.78, 5) is 12.6. The number of piperidine rings is 1. The Morgan fingerprint density at radius 1 is 1.14 bits per heavy atom. The summed E-state index contributed by atoms with van der Waals surface area (Å²) in [5.41, 5.74) is 2.36. The lowest BCUT2D eigenvalue weighted by molar-refractivity contribution is -0.120. The zero-order chi connectivity index (χ0) is 21.2. The molecule has 0 aliphatic carbocycles. The van der Waals surface area contributed by atoms with Crippen LogP contribution in [0.1, 0.15) is 24.0 Å². The van der Waals surface area contributed by atoms with Crippen molar-refractivity contribution in [2.24, 2.45) is 5.92 Å². The van der Waals surface area contributed by atoms with Crippen LogP contribution >= 0.6 is 39.1 Å². The van der Waals surface area contributed by atoms with Crippen LogP contribution in [0, 0.1) is 12.8 Å². The van der Waals surface area contributed by atoms with Crippen molar-refractivity contribution in [1.82, 2.24) is 4.31 Å². The summed E-state index contributed by atoms with van der Waals surface area (Å²) < 4.78 is 27.9. The fraction of sp³-hybridized carbons (Fsp3) is 0.350. The van der Waals surface area contributed by atoms with Gasteiger partial charge in [0.25, 0.3) is 0 Å². The highest BCUT2D eigenvalue weighted by Gasteiger charge is 2.31. The number of rotatable bonds is 5. The Morgan fingerprint density at radius 3 is 2.45 bits per heavy atom. The summed E-state index contributed by atoms with van der Waals surface area (Å²) in [7, 11) is -3.49. The third kappa shape index (κ3) is 5.73. The first-order valence-electron chi connectivity index (χ1n) is 9.14. The molecular formula is C20H21BrCl2N2O3S. The van der Waals surface area contributed by atoms with Crippen molar-refractivity contribution in [1.29, 1.82) is 0 Å². The fourth-order valence-electron chi connectivity index (χ4n) is 3.29. The van der Waals surface area contributed by atoms with Gasteiger partial charge in [0, 0.05) is 29.2 Å². The Hall–Kier alpha value is -1.12. The van der Waals surface area contributed by atoms with Gasteiger partial charge in [0.1, 0.15) is 0 Å². The smallest absolute Gasteiger partial charge is 0.227 e. The molecule has 1 heterocycles. The van der Waals surface area contributed by atoms with Crippen LogP contribution in [0.5, 0.6) is 0 Å². The minimum atomic E-state index is -3.49. The summed E-state index contributed by atoms with van der Waals surface area (Å²) in [5.74, 6) is -0.428. The van der Waals surface area contributed by atoms with E-state index in [1.54, 1.807) is 18.2 Å². The Labute approximate surface area is 189 Å². The molecule has 3 rings (SSSR count). The number of aryl methyl sites for hydroxylation is 1. The third-order valence-electron chi connectivity index (χ3n) is 4.98. The number of hydrogen-bond acceptors (Lipinski definition) is 3. The summed E-state index contributed by atoms with van der Waals surface area (Å²) in [6, 6.07) is 10.5. The van der Waals surface area contributed by atoms with Gasteiger partial charge < -0.3 is 5.32 Å². The van der Waals surface area contributed by atoms with Crippen molar-refractivity contribution in [2.75, 3.05) is 18.4 Å². The number of nitrogens with zero attached hydrogens (tertiary/aromatic N) is 1. The summed E-state index contributed by atoms with van der Waals surface area (Å²) >= 11 is 15.3. The van der Waals surface area contributed by atoms with Crippen LogP contribution < -0.4 is 5.32 Å². The molecule has 9 heteroatoms. The topological polar surface area (TPSA) is 66.5 Å². The normalized spacial score (nSPS) is 16.0. The number of halogens is 3. The molecule has 1 N–H and O–H groups in total. The highest BCUT2D eigenvalue weighted by atomic mass is 79.9. The van der Waals surface area contributed by atoms with Gasteiger partial charge in [0.2, 0.25) is 15.9 Å². The quantitative estimate of drug-likeness (QED) is 0.587. The van der Waals surface area contributed by atoms with Gasteiger partial charge in [-0.15, -0.1) is 0 Å². The molecule has 2 aromatic carbocycles. The lowest BCUT2D eigenvalue weighted by Gasteiger charge is -2.30. The first-order chi connectivity index (χ1) is 13.7. The molecule has 0 aromatic heterocycles. The van der Waals surface area contributed by atoms with Gasteiger partial charge in [-0.1, -0.05) is 45.2 Å². The molecule has 29 heavy (non-hydrogen) atoms. The Kier molecular flexibility index (Phi) is 7.27. The number of nitrogens with one attached hydrogen (secondary N) is 1. The zero-order valence-corrected chi connectivity index (χ0v) is 19.7. The highest BCUT2D eigenvalue weighted by molar-refractivity contribution is 9.10. The Bertz CT molecular complexity index is 1020. The number of carbonyl (C=O) groups excluding carboxylic acids is 1. The Morgan fingerprint density at radius 2 is 1.83 bits per heavy atom. The van der Waals surface area contributed by atoms with Gasteiger partial charge in [0.05, 0.1) is 15.8 Å². The fourth-order valence-corrected chi connectivity index (χ4v) is 5.41. The molecule has 1 fully saturated rings. The van der Waals surface area contributed by atoms with E-state index in [9.17, 15) is 13.2 Å². The van der Waals surface area contributed by atoms with Crippen LogP contribution in [0.4, 0.5) is 5.69 Å². The predicted molar refractivity (Wildman–Crippen MR) is 121 cm³/mol. The minimum Gasteiger partial charge on any atom is -0.326 e. The molecule has 0 bridgehead atoms.